The normalized spacial score (nSPS) is 16.7. The molecule has 0 bridgehead atoms. The smallest absolute Gasteiger partial charge is 0.147 e. The maximum Gasteiger partial charge on any atom is 0.147 e. The van der Waals surface area contributed by atoms with Gasteiger partial charge in [0.25, 0.3) is 0 Å². The van der Waals surface area contributed by atoms with E-state index < -0.39 is 0 Å². The number of para-hydroxylation sites is 1. The van der Waals surface area contributed by atoms with Gasteiger partial charge in [0.15, 0.2) is 0 Å². The number of ether oxygens (including phenoxy) is 1. The van der Waals surface area contributed by atoms with Crippen molar-refractivity contribution in [2.45, 2.75) is 33.3 Å². The number of nitrogens with zero attached hydrogens (tertiary/aromatic N) is 2. The fraction of sp³-hybridized carbons (Fsp3) is 0.185. The van der Waals surface area contributed by atoms with Gasteiger partial charge in [-0.15, -0.1) is 0 Å². The van der Waals surface area contributed by atoms with Gasteiger partial charge in [-0.05, 0) is 61.7 Å². The van der Waals surface area contributed by atoms with Crippen molar-refractivity contribution in [3.8, 4) is 5.75 Å². The van der Waals surface area contributed by atoms with Crippen LogP contribution in [0.4, 0.5) is 5.82 Å². The van der Waals surface area contributed by atoms with Crippen LogP contribution in [0.5, 0.6) is 5.75 Å². The Kier molecular flexibility index (Phi) is 4.91. The standard InChI is InChI=1S/C27H25N3O/c1-17-13-19(3)27-22(14-17)18(2)15-26(28-27)30-29-23-16-25(20-9-5-4-6-10-20)31-24-12-8-7-11-21(23)24/h4-15,25H,16H2,1-3H3,(H,28,30). The van der Waals surface area contributed by atoms with Crippen molar-refractivity contribution < 1.29 is 4.74 Å². The molecule has 1 unspecified atom stereocenters. The Morgan fingerprint density at radius 2 is 1.68 bits per heavy atom. The molecule has 0 aliphatic carbocycles. The number of hydrogen-bond donors (Lipinski definition) is 1. The molecule has 0 fully saturated rings. The van der Waals surface area contributed by atoms with E-state index in [9.17, 15) is 0 Å². The van der Waals surface area contributed by atoms with Crippen LogP contribution >= 0.6 is 0 Å². The van der Waals surface area contributed by atoms with Crippen LogP contribution in [-0.2, 0) is 0 Å². The zero-order chi connectivity index (χ0) is 21.4. The highest BCUT2D eigenvalue weighted by molar-refractivity contribution is 6.04. The molecule has 31 heavy (non-hydrogen) atoms. The van der Waals surface area contributed by atoms with Crippen LogP contribution in [0, 0.1) is 20.8 Å². The summed E-state index contributed by atoms with van der Waals surface area (Å²) in [4.78, 5) is 4.84. The first-order chi connectivity index (χ1) is 15.1. The van der Waals surface area contributed by atoms with E-state index in [1.54, 1.807) is 0 Å². The highest BCUT2D eigenvalue weighted by Crippen LogP contribution is 2.35. The number of rotatable bonds is 3. The van der Waals surface area contributed by atoms with Gasteiger partial charge in [0, 0.05) is 17.4 Å². The van der Waals surface area contributed by atoms with E-state index in [4.69, 9.17) is 14.8 Å². The molecule has 1 atom stereocenters. The second-order valence-corrected chi connectivity index (χ2v) is 8.19. The van der Waals surface area contributed by atoms with Crippen molar-refractivity contribution in [2.24, 2.45) is 5.10 Å². The molecule has 0 radical (unpaired) electrons. The molecule has 1 aliphatic rings. The summed E-state index contributed by atoms with van der Waals surface area (Å²) < 4.78 is 6.28. The van der Waals surface area contributed by atoms with Crippen LogP contribution in [0.25, 0.3) is 10.9 Å². The molecular weight excluding hydrogens is 382 g/mol. The zero-order valence-electron chi connectivity index (χ0n) is 18.0. The first-order valence-electron chi connectivity index (χ1n) is 10.6. The molecule has 0 saturated carbocycles. The Balaban J connectivity index is 1.51. The summed E-state index contributed by atoms with van der Waals surface area (Å²) in [6.45, 7) is 6.35. The van der Waals surface area contributed by atoms with E-state index in [-0.39, 0.29) is 6.10 Å². The van der Waals surface area contributed by atoms with Crippen LogP contribution in [0.3, 0.4) is 0 Å². The summed E-state index contributed by atoms with van der Waals surface area (Å²) in [7, 11) is 0. The molecule has 2 heterocycles. The van der Waals surface area contributed by atoms with Gasteiger partial charge >= 0.3 is 0 Å². The van der Waals surface area contributed by atoms with E-state index in [1.807, 2.05) is 36.4 Å². The van der Waals surface area contributed by atoms with Gasteiger partial charge in [-0.25, -0.2) is 4.98 Å². The summed E-state index contributed by atoms with van der Waals surface area (Å²) in [6, 6.07) is 24.8. The van der Waals surface area contributed by atoms with Crippen molar-refractivity contribution in [3.63, 3.8) is 0 Å². The van der Waals surface area contributed by atoms with Gasteiger partial charge in [-0.3, -0.25) is 5.43 Å². The minimum atomic E-state index is -0.0619. The minimum Gasteiger partial charge on any atom is -0.485 e. The third-order valence-corrected chi connectivity index (χ3v) is 5.78. The van der Waals surface area contributed by atoms with Gasteiger partial charge in [0.2, 0.25) is 0 Å². The number of aromatic nitrogens is 1. The SMILES string of the molecule is Cc1cc(C)c2nc(NN=C3CC(c4ccccc4)Oc4ccccc43)cc(C)c2c1. The van der Waals surface area contributed by atoms with E-state index >= 15 is 0 Å². The average Bonchev–Trinajstić information content (AvgIpc) is 2.78. The lowest BCUT2D eigenvalue weighted by Gasteiger charge is -2.27. The lowest BCUT2D eigenvalue weighted by molar-refractivity contribution is 0.206. The van der Waals surface area contributed by atoms with Crippen molar-refractivity contribution >= 4 is 22.4 Å². The Morgan fingerprint density at radius 1 is 0.903 bits per heavy atom. The molecule has 1 N–H and O–H groups in total. The zero-order valence-corrected chi connectivity index (χ0v) is 18.0. The fourth-order valence-electron chi connectivity index (χ4n) is 4.27. The monoisotopic (exact) mass is 407 g/mol. The summed E-state index contributed by atoms with van der Waals surface area (Å²) >= 11 is 0. The molecule has 1 aromatic heterocycles. The van der Waals surface area contributed by atoms with Crippen molar-refractivity contribution in [1.29, 1.82) is 0 Å². The first-order valence-corrected chi connectivity index (χ1v) is 10.6. The van der Waals surface area contributed by atoms with Crippen LogP contribution in [0.2, 0.25) is 0 Å². The van der Waals surface area contributed by atoms with Gasteiger partial charge in [-0.1, -0.05) is 54.1 Å². The number of hydrazone groups is 1. The molecule has 0 spiro atoms. The number of fused-ring (bicyclic) bond motifs is 2. The Hall–Kier alpha value is -3.66. The number of hydrogen-bond acceptors (Lipinski definition) is 4. The molecular formula is C27H25N3O. The molecule has 4 aromatic rings. The topological polar surface area (TPSA) is 46.5 Å². The summed E-state index contributed by atoms with van der Waals surface area (Å²) in [5.41, 5.74) is 11.0. The summed E-state index contributed by atoms with van der Waals surface area (Å²) in [5, 5.41) is 5.98. The second kappa shape index (κ2) is 7.88. The largest absolute Gasteiger partial charge is 0.485 e. The van der Waals surface area contributed by atoms with E-state index in [2.05, 4.69) is 62.6 Å². The number of benzene rings is 3. The highest BCUT2D eigenvalue weighted by Gasteiger charge is 2.26. The molecule has 0 saturated heterocycles. The molecule has 4 heteroatoms. The van der Waals surface area contributed by atoms with Gasteiger partial charge < -0.3 is 4.74 Å². The Labute approximate surface area is 182 Å². The summed E-state index contributed by atoms with van der Waals surface area (Å²) in [5.74, 6) is 1.61. The highest BCUT2D eigenvalue weighted by atomic mass is 16.5. The number of anilines is 1. The van der Waals surface area contributed by atoms with Gasteiger partial charge in [-0.2, -0.15) is 5.10 Å². The number of aryl methyl sites for hydroxylation is 3. The first kappa shape index (κ1) is 19.3. The predicted octanol–water partition coefficient (Wildman–Crippen LogP) is 6.50. The lowest BCUT2D eigenvalue weighted by atomic mass is 9.96. The lowest BCUT2D eigenvalue weighted by Crippen LogP contribution is -2.21. The third-order valence-electron chi connectivity index (χ3n) is 5.78. The van der Waals surface area contributed by atoms with Crippen molar-refractivity contribution in [3.05, 3.63) is 101 Å². The molecule has 4 nitrogen and oxygen atoms in total. The quantitative estimate of drug-likeness (QED) is 0.394. The van der Waals surface area contributed by atoms with E-state index in [0.717, 1.165) is 33.9 Å². The number of nitrogens with one attached hydrogen (secondary N) is 1. The fourth-order valence-corrected chi connectivity index (χ4v) is 4.27. The van der Waals surface area contributed by atoms with Crippen LogP contribution in [-0.4, -0.2) is 10.7 Å². The van der Waals surface area contributed by atoms with Crippen LogP contribution in [0.1, 0.15) is 40.3 Å². The van der Waals surface area contributed by atoms with Crippen molar-refractivity contribution in [1.82, 2.24) is 4.98 Å². The van der Waals surface area contributed by atoms with Crippen LogP contribution in [0.15, 0.2) is 77.9 Å². The summed E-state index contributed by atoms with van der Waals surface area (Å²) in [6.07, 6.45) is 0.631. The molecule has 5 rings (SSSR count). The average molecular weight is 408 g/mol. The molecule has 1 aliphatic heterocycles. The maximum atomic E-state index is 6.28. The Bertz CT molecular complexity index is 1290. The second-order valence-electron chi connectivity index (χ2n) is 8.19. The molecule has 0 amide bonds. The third kappa shape index (κ3) is 3.77. The molecule has 3 aromatic carbocycles. The Morgan fingerprint density at radius 3 is 2.52 bits per heavy atom. The van der Waals surface area contributed by atoms with E-state index in [1.165, 1.54) is 22.1 Å². The van der Waals surface area contributed by atoms with Crippen molar-refractivity contribution in [2.75, 3.05) is 5.43 Å². The number of pyridine rings is 1. The minimum absolute atomic E-state index is 0.0619. The van der Waals surface area contributed by atoms with Gasteiger partial charge in [0.1, 0.15) is 17.7 Å². The van der Waals surface area contributed by atoms with Gasteiger partial charge in [0.05, 0.1) is 11.2 Å². The molecule has 154 valence electrons. The maximum absolute atomic E-state index is 6.28. The van der Waals surface area contributed by atoms with Crippen LogP contribution < -0.4 is 10.2 Å². The van der Waals surface area contributed by atoms with E-state index in [0.29, 0.717) is 6.42 Å². The predicted molar refractivity (Wildman–Crippen MR) is 127 cm³/mol.